The molecule has 1 saturated heterocycles. The van der Waals surface area contributed by atoms with Crippen molar-refractivity contribution >= 4 is 29.1 Å². The minimum atomic E-state index is -0.149. The molecule has 3 fully saturated rings. The number of piperidine rings is 1. The molecule has 1 spiro atoms. The van der Waals surface area contributed by atoms with Crippen LogP contribution in [0, 0.1) is 11.3 Å². The molecule has 27 heavy (non-hydrogen) atoms. The molecule has 1 atom stereocenters. The van der Waals surface area contributed by atoms with Crippen molar-refractivity contribution in [1.82, 2.24) is 10.6 Å². The predicted octanol–water partition coefficient (Wildman–Crippen LogP) is 3.73. The number of halogens is 1. The first-order valence-electron chi connectivity index (χ1n) is 10.2. The molecule has 1 aliphatic heterocycles. The lowest BCUT2D eigenvalue weighted by molar-refractivity contribution is -0.118. The van der Waals surface area contributed by atoms with Crippen molar-refractivity contribution < 1.29 is 9.59 Å². The third kappa shape index (κ3) is 4.14. The smallest absolute Gasteiger partial charge is 0.253 e. The lowest BCUT2D eigenvalue weighted by Gasteiger charge is -2.23. The molecule has 2 amide bonds. The maximum atomic E-state index is 12.7. The Bertz CT molecular complexity index is 724. The number of hydrogen-bond acceptors (Lipinski definition) is 3. The van der Waals surface area contributed by atoms with Crippen LogP contribution in [0.25, 0.3) is 0 Å². The summed E-state index contributed by atoms with van der Waals surface area (Å²) in [6.07, 6.45) is 8.73. The van der Waals surface area contributed by atoms with Crippen molar-refractivity contribution in [2.24, 2.45) is 11.3 Å². The second-order valence-corrected chi connectivity index (χ2v) is 8.77. The summed E-state index contributed by atoms with van der Waals surface area (Å²) in [7, 11) is 0. The summed E-state index contributed by atoms with van der Waals surface area (Å²) in [6, 6.07) is 5.40. The van der Waals surface area contributed by atoms with E-state index in [2.05, 4.69) is 16.0 Å². The SMILES string of the molecule is O=C(NC1CCCCC1)c1cc(NC(=O)C2CC23CCNCC3)ccc1Cl. The normalized spacial score (nSPS) is 24.4. The first-order chi connectivity index (χ1) is 13.1. The zero-order chi connectivity index (χ0) is 18.9. The fourth-order valence-corrected chi connectivity index (χ4v) is 4.92. The highest BCUT2D eigenvalue weighted by Gasteiger charge is 2.57. The highest BCUT2D eigenvalue weighted by Crippen LogP contribution is 2.58. The van der Waals surface area contributed by atoms with E-state index >= 15 is 0 Å². The lowest BCUT2D eigenvalue weighted by Crippen LogP contribution is -2.36. The van der Waals surface area contributed by atoms with Gasteiger partial charge in [-0.3, -0.25) is 9.59 Å². The molecule has 0 radical (unpaired) electrons. The Morgan fingerprint density at radius 1 is 1.11 bits per heavy atom. The van der Waals surface area contributed by atoms with Crippen molar-refractivity contribution in [3.05, 3.63) is 28.8 Å². The van der Waals surface area contributed by atoms with Gasteiger partial charge < -0.3 is 16.0 Å². The second-order valence-electron chi connectivity index (χ2n) is 8.36. The second kappa shape index (κ2) is 7.80. The lowest BCUT2D eigenvalue weighted by atomic mass is 9.92. The Kier molecular flexibility index (Phi) is 5.42. The van der Waals surface area contributed by atoms with Crippen LogP contribution in [0.15, 0.2) is 18.2 Å². The Balaban J connectivity index is 1.39. The minimum Gasteiger partial charge on any atom is -0.349 e. The van der Waals surface area contributed by atoms with E-state index in [-0.39, 0.29) is 29.2 Å². The van der Waals surface area contributed by atoms with Gasteiger partial charge in [0, 0.05) is 17.6 Å². The first kappa shape index (κ1) is 18.8. The van der Waals surface area contributed by atoms with Crippen LogP contribution in [-0.2, 0) is 4.79 Å². The van der Waals surface area contributed by atoms with E-state index in [0.717, 1.165) is 58.0 Å². The van der Waals surface area contributed by atoms with Crippen molar-refractivity contribution in [2.45, 2.75) is 57.4 Å². The van der Waals surface area contributed by atoms with Gasteiger partial charge >= 0.3 is 0 Å². The van der Waals surface area contributed by atoms with Gasteiger partial charge in [0.05, 0.1) is 10.6 Å². The number of carbonyl (C=O) groups excluding carboxylic acids is 2. The van der Waals surface area contributed by atoms with E-state index in [1.54, 1.807) is 18.2 Å². The highest BCUT2D eigenvalue weighted by molar-refractivity contribution is 6.34. The van der Waals surface area contributed by atoms with Crippen LogP contribution in [0.5, 0.6) is 0 Å². The molecule has 5 nitrogen and oxygen atoms in total. The molecule has 146 valence electrons. The molecule has 1 heterocycles. The number of rotatable bonds is 4. The van der Waals surface area contributed by atoms with E-state index < -0.39 is 0 Å². The van der Waals surface area contributed by atoms with Gasteiger partial charge in [-0.15, -0.1) is 0 Å². The average molecular weight is 390 g/mol. The van der Waals surface area contributed by atoms with Gasteiger partial charge in [0.15, 0.2) is 0 Å². The first-order valence-corrected chi connectivity index (χ1v) is 10.6. The third-order valence-electron chi connectivity index (χ3n) is 6.52. The molecule has 1 aromatic carbocycles. The van der Waals surface area contributed by atoms with Crippen molar-refractivity contribution in [1.29, 1.82) is 0 Å². The van der Waals surface area contributed by atoms with Crippen LogP contribution in [0.4, 0.5) is 5.69 Å². The number of anilines is 1. The topological polar surface area (TPSA) is 70.2 Å². The zero-order valence-corrected chi connectivity index (χ0v) is 16.4. The van der Waals surface area contributed by atoms with Crippen LogP contribution in [0.3, 0.4) is 0 Å². The molecule has 4 rings (SSSR count). The van der Waals surface area contributed by atoms with Crippen LogP contribution in [0.2, 0.25) is 5.02 Å². The van der Waals surface area contributed by atoms with Crippen molar-refractivity contribution in [2.75, 3.05) is 18.4 Å². The quantitative estimate of drug-likeness (QED) is 0.734. The maximum absolute atomic E-state index is 12.7. The van der Waals surface area contributed by atoms with Crippen LogP contribution < -0.4 is 16.0 Å². The van der Waals surface area contributed by atoms with Crippen molar-refractivity contribution in [3.8, 4) is 0 Å². The summed E-state index contributed by atoms with van der Waals surface area (Å²) < 4.78 is 0. The summed E-state index contributed by atoms with van der Waals surface area (Å²) in [6.45, 7) is 1.99. The van der Waals surface area contributed by atoms with E-state index in [1.165, 1.54) is 6.42 Å². The Labute approximate surface area is 165 Å². The van der Waals surface area contributed by atoms with Gasteiger partial charge in [-0.25, -0.2) is 0 Å². The summed E-state index contributed by atoms with van der Waals surface area (Å²) >= 11 is 6.26. The summed E-state index contributed by atoms with van der Waals surface area (Å²) in [5.74, 6) is 0.0110. The van der Waals surface area contributed by atoms with Gasteiger partial charge in [-0.2, -0.15) is 0 Å². The molecule has 1 unspecified atom stereocenters. The molecule has 0 bridgehead atoms. The fraction of sp³-hybridized carbons (Fsp3) is 0.619. The number of benzene rings is 1. The zero-order valence-electron chi connectivity index (χ0n) is 15.7. The van der Waals surface area contributed by atoms with Gasteiger partial charge in [0.1, 0.15) is 0 Å². The molecule has 0 aromatic heterocycles. The standard InChI is InChI=1S/C21H28ClN3O2/c22-18-7-6-15(12-16(18)19(26)24-14-4-2-1-3-5-14)25-20(27)17-13-21(17)8-10-23-11-9-21/h6-7,12,14,17,23H,1-5,8-11,13H2,(H,24,26)(H,25,27). The Morgan fingerprint density at radius 2 is 1.85 bits per heavy atom. The van der Waals surface area contributed by atoms with Crippen LogP contribution in [-0.4, -0.2) is 30.9 Å². The highest BCUT2D eigenvalue weighted by atomic mass is 35.5. The molecule has 1 aromatic rings. The van der Waals surface area contributed by atoms with Gasteiger partial charge in [0.25, 0.3) is 5.91 Å². The monoisotopic (exact) mass is 389 g/mol. The summed E-state index contributed by atoms with van der Waals surface area (Å²) in [5, 5.41) is 9.88. The van der Waals surface area contributed by atoms with E-state index in [0.29, 0.717) is 16.3 Å². The Morgan fingerprint density at radius 3 is 2.59 bits per heavy atom. The van der Waals surface area contributed by atoms with Crippen molar-refractivity contribution in [3.63, 3.8) is 0 Å². The summed E-state index contributed by atoms with van der Waals surface area (Å²) in [4.78, 5) is 25.3. The molecule has 2 saturated carbocycles. The molecule has 6 heteroatoms. The van der Waals surface area contributed by atoms with E-state index in [1.807, 2.05) is 0 Å². The number of hydrogen-bond donors (Lipinski definition) is 3. The predicted molar refractivity (Wildman–Crippen MR) is 107 cm³/mol. The average Bonchev–Trinajstić information content (AvgIpc) is 3.37. The molecule has 3 aliphatic rings. The van der Waals surface area contributed by atoms with Gasteiger partial charge in [-0.1, -0.05) is 30.9 Å². The minimum absolute atomic E-state index is 0.0675. The fourth-order valence-electron chi connectivity index (χ4n) is 4.71. The maximum Gasteiger partial charge on any atom is 0.253 e. The molecular weight excluding hydrogens is 362 g/mol. The molecule has 3 N–H and O–H groups in total. The molecule has 2 aliphatic carbocycles. The van der Waals surface area contributed by atoms with Crippen LogP contribution >= 0.6 is 11.6 Å². The van der Waals surface area contributed by atoms with E-state index in [9.17, 15) is 9.59 Å². The molecular formula is C21H28ClN3O2. The Hall–Kier alpha value is -1.59. The van der Waals surface area contributed by atoms with Crippen LogP contribution in [0.1, 0.15) is 61.7 Å². The van der Waals surface area contributed by atoms with Gasteiger partial charge in [0.2, 0.25) is 5.91 Å². The largest absolute Gasteiger partial charge is 0.349 e. The van der Waals surface area contributed by atoms with Gasteiger partial charge in [-0.05, 0) is 68.8 Å². The third-order valence-corrected chi connectivity index (χ3v) is 6.85. The van der Waals surface area contributed by atoms with E-state index in [4.69, 9.17) is 11.6 Å². The number of amides is 2. The summed E-state index contributed by atoms with van der Waals surface area (Å²) in [5.41, 5.74) is 1.28. The number of carbonyl (C=O) groups is 2. The number of nitrogens with one attached hydrogen (secondary N) is 3.